The fraction of sp³-hybridized carbons (Fsp3) is 0.667. The molecule has 0 aromatic heterocycles. The van der Waals surface area contributed by atoms with Crippen LogP contribution >= 0.6 is 0 Å². The van der Waals surface area contributed by atoms with E-state index in [9.17, 15) is 4.79 Å². The lowest BCUT2D eigenvalue weighted by molar-refractivity contribution is -0.111. The van der Waals surface area contributed by atoms with Crippen molar-refractivity contribution in [1.29, 1.82) is 0 Å². The van der Waals surface area contributed by atoms with E-state index in [1.165, 1.54) is 0 Å². The third-order valence-corrected chi connectivity index (χ3v) is 1.99. The van der Waals surface area contributed by atoms with E-state index in [0.29, 0.717) is 0 Å². The normalized spacial score (nSPS) is 30.0. The zero-order chi connectivity index (χ0) is 7.61. The van der Waals surface area contributed by atoms with Crippen molar-refractivity contribution in [3.05, 3.63) is 12.2 Å². The Labute approximate surface area is 62.1 Å². The predicted molar refractivity (Wildman–Crippen MR) is 41.7 cm³/mol. The van der Waals surface area contributed by atoms with Gasteiger partial charge in [0.15, 0.2) is 0 Å². The molecule has 56 valence electrons. The zero-order valence-electron chi connectivity index (χ0n) is 6.63. The molecule has 0 spiro atoms. The van der Waals surface area contributed by atoms with Crippen molar-refractivity contribution in [3.63, 3.8) is 0 Å². The summed E-state index contributed by atoms with van der Waals surface area (Å²) in [4.78, 5) is 10.4. The van der Waals surface area contributed by atoms with Crippen LogP contribution in [0.5, 0.6) is 0 Å². The van der Waals surface area contributed by atoms with Gasteiger partial charge < -0.3 is 4.79 Å². The van der Waals surface area contributed by atoms with Crippen molar-refractivity contribution in [3.8, 4) is 0 Å². The summed E-state index contributed by atoms with van der Waals surface area (Å²) in [5.41, 5.74) is 0.240. The number of aldehydes is 1. The molecule has 1 nitrogen and oxygen atoms in total. The van der Waals surface area contributed by atoms with Gasteiger partial charge >= 0.3 is 0 Å². The molecular formula is C9H14O. The maximum atomic E-state index is 10.4. The number of carbonyl (C=O) groups is 1. The second-order valence-electron chi connectivity index (χ2n) is 3.73. The summed E-state index contributed by atoms with van der Waals surface area (Å²) >= 11 is 0. The highest BCUT2D eigenvalue weighted by Gasteiger charge is 2.22. The van der Waals surface area contributed by atoms with E-state index in [1.807, 2.05) is 0 Å². The van der Waals surface area contributed by atoms with Gasteiger partial charge in [-0.25, -0.2) is 0 Å². The van der Waals surface area contributed by atoms with E-state index in [1.54, 1.807) is 0 Å². The maximum Gasteiger partial charge on any atom is 0.123 e. The molecule has 10 heavy (non-hydrogen) atoms. The SMILES string of the molecule is CC1(C)C=CCC(C=O)C1. The highest BCUT2D eigenvalue weighted by Crippen LogP contribution is 2.32. The van der Waals surface area contributed by atoms with Gasteiger partial charge in [-0.3, -0.25) is 0 Å². The van der Waals surface area contributed by atoms with E-state index < -0.39 is 0 Å². The van der Waals surface area contributed by atoms with Gasteiger partial charge in [-0.05, 0) is 18.3 Å². The Hall–Kier alpha value is -0.590. The fourth-order valence-corrected chi connectivity index (χ4v) is 1.49. The molecule has 1 unspecified atom stereocenters. The van der Waals surface area contributed by atoms with Crippen LogP contribution in [0.25, 0.3) is 0 Å². The van der Waals surface area contributed by atoms with Gasteiger partial charge in [0, 0.05) is 5.92 Å². The maximum absolute atomic E-state index is 10.4. The minimum Gasteiger partial charge on any atom is -0.303 e. The van der Waals surface area contributed by atoms with E-state index in [0.717, 1.165) is 19.1 Å². The van der Waals surface area contributed by atoms with Crippen LogP contribution in [-0.2, 0) is 4.79 Å². The number of carbonyl (C=O) groups excluding carboxylic acids is 1. The van der Waals surface area contributed by atoms with Gasteiger partial charge in [-0.1, -0.05) is 26.0 Å². The first-order valence-electron chi connectivity index (χ1n) is 3.77. The quantitative estimate of drug-likeness (QED) is 0.401. The highest BCUT2D eigenvalue weighted by atomic mass is 16.1. The van der Waals surface area contributed by atoms with Crippen molar-refractivity contribution >= 4 is 6.29 Å². The summed E-state index contributed by atoms with van der Waals surface area (Å²) in [7, 11) is 0. The zero-order valence-corrected chi connectivity index (χ0v) is 6.63. The summed E-state index contributed by atoms with van der Waals surface area (Å²) in [5, 5.41) is 0. The van der Waals surface area contributed by atoms with Crippen molar-refractivity contribution in [2.24, 2.45) is 11.3 Å². The summed E-state index contributed by atoms with van der Waals surface area (Å²) in [6, 6.07) is 0. The third-order valence-electron chi connectivity index (χ3n) is 1.99. The number of hydrogen-bond acceptors (Lipinski definition) is 1. The minimum atomic E-state index is 0.240. The summed E-state index contributed by atoms with van der Waals surface area (Å²) in [6.07, 6.45) is 7.33. The molecule has 0 bridgehead atoms. The molecule has 0 radical (unpaired) electrons. The molecule has 0 aromatic carbocycles. The van der Waals surface area contributed by atoms with Crippen molar-refractivity contribution in [2.75, 3.05) is 0 Å². The second-order valence-corrected chi connectivity index (χ2v) is 3.73. The van der Waals surface area contributed by atoms with Gasteiger partial charge in [0.1, 0.15) is 6.29 Å². The van der Waals surface area contributed by atoms with E-state index in [2.05, 4.69) is 26.0 Å². The highest BCUT2D eigenvalue weighted by molar-refractivity contribution is 5.54. The molecule has 0 heterocycles. The van der Waals surface area contributed by atoms with Crippen LogP contribution in [0, 0.1) is 11.3 Å². The summed E-state index contributed by atoms with van der Waals surface area (Å²) in [5.74, 6) is 0.264. The molecule has 0 amide bonds. The Morgan fingerprint density at radius 3 is 2.70 bits per heavy atom. The van der Waals surface area contributed by atoms with Gasteiger partial charge in [-0.2, -0.15) is 0 Å². The van der Waals surface area contributed by atoms with Crippen LogP contribution in [0.2, 0.25) is 0 Å². The van der Waals surface area contributed by atoms with Gasteiger partial charge in [0.2, 0.25) is 0 Å². The second kappa shape index (κ2) is 2.57. The molecular weight excluding hydrogens is 124 g/mol. The first kappa shape index (κ1) is 7.52. The summed E-state index contributed by atoms with van der Waals surface area (Å²) in [6.45, 7) is 4.33. The smallest absolute Gasteiger partial charge is 0.123 e. The fourth-order valence-electron chi connectivity index (χ4n) is 1.49. The molecule has 0 fully saturated rings. The average molecular weight is 138 g/mol. The molecule has 0 N–H and O–H groups in total. The molecule has 0 aromatic rings. The Morgan fingerprint density at radius 1 is 1.60 bits per heavy atom. The molecule has 0 saturated heterocycles. The third kappa shape index (κ3) is 1.69. The van der Waals surface area contributed by atoms with Crippen LogP contribution in [0.3, 0.4) is 0 Å². The van der Waals surface area contributed by atoms with Gasteiger partial charge in [0.25, 0.3) is 0 Å². The van der Waals surface area contributed by atoms with Crippen molar-refractivity contribution < 1.29 is 4.79 Å². The van der Waals surface area contributed by atoms with E-state index in [-0.39, 0.29) is 11.3 Å². The van der Waals surface area contributed by atoms with Gasteiger partial charge in [0.05, 0.1) is 0 Å². The van der Waals surface area contributed by atoms with Crippen molar-refractivity contribution in [2.45, 2.75) is 26.7 Å². The summed E-state index contributed by atoms with van der Waals surface area (Å²) < 4.78 is 0. The van der Waals surface area contributed by atoms with Crippen LogP contribution in [-0.4, -0.2) is 6.29 Å². The average Bonchev–Trinajstić information content (AvgIpc) is 1.86. The number of hydrogen-bond donors (Lipinski definition) is 0. The van der Waals surface area contributed by atoms with E-state index in [4.69, 9.17) is 0 Å². The lowest BCUT2D eigenvalue weighted by atomic mass is 9.78. The molecule has 1 atom stereocenters. The van der Waals surface area contributed by atoms with Crippen LogP contribution in [0.15, 0.2) is 12.2 Å². The van der Waals surface area contributed by atoms with Crippen LogP contribution in [0.4, 0.5) is 0 Å². The number of rotatable bonds is 1. The first-order chi connectivity index (χ1) is 4.64. The lowest BCUT2D eigenvalue weighted by Gasteiger charge is -2.27. The molecule has 0 saturated carbocycles. The standard InChI is InChI=1S/C9H14O/c1-9(2)5-3-4-8(6-9)7-10/h3,5,7-8H,4,6H2,1-2H3. The topological polar surface area (TPSA) is 17.1 Å². The number of allylic oxidation sites excluding steroid dienone is 2. The van der Waals surface area contributed by atoms with Crippen LogP contribution in [0.1, 0.15) is 26.7 Å². The Balaban J connectivity index is 2.62. The lowest BCUT2D eigenvalue weighted by Crippen LogP contribution is -2.18. The largest absolute Gasteiger partial charge is 0.303 e. The van der Waals surface area contributed by atoms with Gasteiger partial charge in [-0.15, -0.1) is 0 Å². The predicted octanol–water partition coefficient (Wildman–Crippen LogP) is 2.18. The monoisotopic (exact) mass is 138 g/mol. The molecule has 1 heteroatoms. The first-order valence-corrected chi connectivity index (χ1v) is 3.77. The molecule has 1 rings (SSSR count). The van der Waals surface area contributed by atoms with Crippen LogP contribution < -0.4 is 0 Å². The molecule has 1 aliphatic carbocycles. The molecule has 0 aliphatic heterocycles. The van der Waals surface area contributed by atoms with Crippen molar-refractivity contribution in [1.82, 2.24) is 0 Å². The Kier molecular flexibility index (Phi) is 1.93. The Morgan fingerprint density at radius 2 is 2.30 bits per heavy atom. The van der Waals surface area contributed by atoms with E-state index >= 15 is 0 Å². The minimum absolute atomic E-state index is 0.240. The Bertz CT molecular complexity index is 156. The molecule has 1 aliphatic rings.